The Hall–Kier alpha value is -1.04. The summed E-state index contributed by atoms with van der Waals surface area (Å²) in [4.78, 5) is 0. The Morgan fingerprint density at radius 1 is 1.38 bits per heavy atom. The molecule has 1 rings (SSSR count). The molecule has 0 fully saturated rings. The van der Waals surface area contributed by atoms with Gasteiger partial charge in [0.05, 0.1) is 6.61 Å². The largest absolute Gasteiger partial charge is 0.395 e. The maximum atomic E-state index is 9.24. The molecular formula is C11H17BN2O2. The number of hydrogen-bond donors (Lipinski definition) is 3. The number of nitrogens with zero attached hydrogens (tertiary/aromatic N) is 1. The Kier molecular flexibility index (Phi) is 5.32. The van der Waals surface area contributed by atoms with Crippen molar-refractivity contribution in [2.75, 3.05) is 31.6 Å². The van der Waals surface area contributed by atoms with Gasteiger partial charge < -0.3 is 15.6 Å². The summed E-state index contributed by atoms with van der Waals surface area (Å²) in [7, 11) is 5.70. The number of rotatable bonds is 6. The number of aryl methyl sites for hydroxylation is 1. The molecular weight excluding hydrogens is 203 g/mol. The van der Waals surface area contributed by atoms with Crippen LogP contribution in [-0.2, 0) is 0 Å². The summed E-state index contributed by atoms with van der Waals surface area (Å²) < 4.78 is 0. The highest BCUT2D eigenvalue weighted by Gasteiger charge is 1.99. The quantitative estimate of drug-likeness (QED) is 0.462. The number of anilines is 1. The third-order valence-electron chi connectivity index (χ3n) is 2.33. The van der Waals surface area contributed by atoms with Gasteiger partial charge in [0.15, 0.2) is 0 Å². The van der Waals surface area contributed by atoms with Crippen LogP contribution in [0.1, 0.15) is 5.56 Å². The van der Waals surface area contributed by atoms with Gasteiger partial charge in [0.25, 0.3) is 0 Å². The Labute approximate surface area is 97.3 Å². The van der Waals surface area contributed by atoms with E-state index in [2.05, 4.69) is 5.32 Å². The zero-order valence-electron chi connectivity index (χ0n) is 9.48. The van der Waals surface area contributed by atoms with Crippen LogP contribution in [0.25, 0.3) is 0 Å². The molecule has 0 saturated carbocycles. The topological polar surface area (TPSA) is 55.7 Å². The van der Waals surface area contributed by atoms with Gasteiger partial charge in [-0.05, 0) is 19.1 Å². The number of benzene rings is 1. The number of nitrogens with one attached hydrogen (secondary N) is 1. The summed E-state index contributed by atoms with van der Waals surface area (Å²) in [5, 5.41) is 22.1. The van der Waals surface area contributed by atoms with Crippen LogP contribution < -0.4 is 10.8 Å². The number of hydrogen-bond acceptors (Lipinski definition) is 4. The first-order chi connectivity index (χ1) is 7.63. The Morgan fingerprint density at radius 2 is 2.12 bits per heavy atom. The van der Waals surface area contributed by atoms with Gasteiger partial charge in [-0.1, -0.05) is 17.1 Å². The number of aliphatic hydroxyl groups excluding tert-OH is 1. The summed E-state index contributed by atoms with van der Waals surface area (Å²) in [6, 6.07) is 5.71. The van der Waals surface area contributed by atoms with Crippen LogP contribution in [0.5, 0.6) is 0 Å². The maximum absolute atomic E-state index is 9.24. The second-order valence-corrected chi connectivity index (χ2v) is 3.68. The SMILES string of the molecule is [B]c1ccc(NCCN(O)CCO)cc1C. The van der Waals surface area contributed by atoms with Crippen LogP contribution in [0, 0.1) is 6.92 Å². The average molecular weight is 220 g/mol. The lowest BCUT2D eigenvalue weighted by Gasteiger charge is -2.14. The minimum absolute atomic E-state index is 0.0442. The Bertz CT molecular complexity index is 334. The number of hydroxylamine groups is 2. The van der Waals surface area contributed by atoms with Crippen LogP contribution in [0.4, 0.5) is 5.69 Å². The smallest absolute Gasteiger partial charge is 0.114 e. The number of aliphatic hydroxyl groups is 1. The molecule has 0 spiro atoms. The normalized spacial score (nSPS) is 10.8. The summed E-state index contributed by atoms with van der Waals surface area (Å²) in [6.45, 7) is 3.24. The first kappa shape index (κ1) is 13.0. The van der Waals surface area contributed by atoms with Crippen molar-refractivity contribution in [3.63, 3.8) is 0 Å². The van der Waals surface area contributed by atoms with E-state index in [0.717, 1.165) is 21.8 Å². The Morgan fingerprint density at radius 3 is 2.75 bits per heavy atom. The lowest BCUT2D eigenvalue weighted by Crippen LogP contribution is -2.28. The molecule has 4 nitrogen and oxygen atoms in total. The van der Waals surface area contributed by atoms with Crippen molar-refractivity contribution in [3.8, 4) is 0 Å². The molecule has 0 amide bonds. The standard InChI is InChI=1S/C11H17BN2O2/c1-9-8-10(2-3-11(9)12)13-4-5-14(16)6-7-15/h2-3,8,13,15-16H,4-7H2,1H3. The van der Waals surface area contributed by atoms with E-state index >= 15 is 0 Å². The predicted octanol–water partition coefficient (Wildman–Crippen LogP) is -0.116. The maximum Gasteiger partial charge on any atom is 0.114 e. The van der Waals surface area contributed by atoms with E-state index in [9.17, 15) is 5.21 Å². The van der Waals surface area contributed by atoms with E-state index in [1.54, 1.807) is 0 Å². The molecule has 2 radical (unpaired) electrons. The van der Waals surface area contributed by atoms with Gasteiger partial charge in [-0.25, -0.2) is 0 Å². The molecule has 3 N–H and O–H groups in total. The van der Waals surface area contributed by atoms with E-state index in [1.807, 2.05) is 25.1 Å². The molecule has 1 aromatic carbocycles. The Balaban J connectivity index is 2.34. The minimum atomic E-state index is -0.0442. The molecule has 0 atom stereocenters. The second kappa shape index (κ2) is 6.53. The zero-order chi connectivity index (χ0) is 12.0. The molecule has 0 aromatic heterocycles. The molecule has 0 aliphatic rings. The fraction of sp³-hybridized carbons (Fsp3) is 0.455. The van der Waals surface area contributed by atoms with Crippen molar-refractivity contribution in [2.45, 2.75) is 6.92 Å². The lowest BCUT2D eigenvalue weighted by molar-refractivity contribution is -0.0947. The van der Waals surface area contributed by atoms with E-state index in [4.69, 9.17) is 13.0 Å². The zero-order valence-corrected chi connectivity index (χ0v) is 9.48. The van der Waals surface area contributed by atoms with Gasteiger partial charge in [-0.15, -0.1) is 0 Å². The second-order valence-electron chi connectivity index (χ2n) is 3.68. The summed E-state index contributed by atoms with van der Waals surface area (Å²) in [6.07, 6.45) is 0. The van der Waals surface area contributed by atoms with Crippen LogP contribution in [0.3, 0.4) is 0 Å². The van der Waals surface area contributed by atoms with E-state index in [0.29, 0.717) is 13.1 Å². The van der Waals surface area contributed by atoms with E-state index < -0.39 is 0 Å². The molecule has 1 aromatic rings. The molecule has 0 saturated heterocycles. The van der Waals surface area contributed by atoms with Gasteiger partial charge in [-0.2, -0.15) is 5.06 Å². The van der Waals surface area contributed by atoms with Crippen LogP contribution in [0.2, 0.25) is 0 Å². The molecule has 0 aliphatic carbocycles. The lowest BCUT2D eigenvalue weighted by atomic mass is 9.91. The fourth-order valence-corrected chi connectivity index (χ4v) is 1.34. The molecule has 0 heterocycles. The van der Waals surface area contributed by atoms with E-state index in [1.165, 1.54) is 0 Å². The average Bonchev–Trinajstić information content (AvgIpc) is 2.24. The van der Waals surface area contributed by atoms with Crippen LogP contribution >= 0.6 is 0 Å². The molecule has 0 bridgehead atoms. The fourth-order valence-electron chi connectivity index (χ4n) is 1.34. The minimum Gasteiger partial charge on any atom is -0.395 e. The summed E-state index contributed by atoms with van der Waals surface area (Å²) in [5.74, 6) is 0. The van der Waals surface area contributed by atoms with Gasteiger partial charge in [-0.3, -0.25) is 0 Å². The molecule has 0 aliphatic heterocycles. The van der Waals surface area contributed by atoms with Crippen molar-refractivity contribution < 1.29 is 10.3 Å². The van der Waals surface area contributed by atoms with Gasteiger partial charge in [0, 0.05) is 25.3 Å². The van der Waals surface area contributed by atoms with Gasteiger partial charge >= 0.3 is 0 Å². The molecule has 86 valence electrons. The first-order valence-electron chi connectivity index (χ1n) is 5.28. The van der Waals surface area contributed by atoms with Crippen LogP contribution in [0.15, 0.2) is 18.2 Å². The van der Waals surface area contributed by atoms with Gasteiger partial charge in [0.1, 0.15) is 7.85 Å². The van der Waals surface area contributed by atoms with Crippen molar-refractivity contribution >= 4 is 19.0 Å². The van der Waals surface area contributed by atoms with E-state index in [-0.39, 0.29) is 13.2 Å². The monoisotopic (exact) mass is 220 g/mol. The third kappa shape index (κ3) is 4.22. The molecule has 0 unspecified atom stereocenters. The van der Waals surface area contributed by atoms with Crippen molar-refractivity contribution in [2.24, 2.45) is 0 Å². The highest BCUT2D eigenvalue weighted by Crippen LogP contribution is 2.06. The van der Waals surface area contributed by atoms with Crippen LogP contribution in [-0.4, -0.2) is 49.5 Å². The highest BCUT2D eigenvalue weighted by atomic mass is 16.5. The first-order valence-corrected chi connectivity index (χ1v) is 5.28. The summed E-state index contributed by atoms with van der Waals surface area (Å²) in [5.41, 5.74) is 2.78. The molecule has 16 heavy (non-hydrogen) atoms. The van der Waals surface area contributed by atoms with Gasteiger partial charge in [0.2, 0.25) is 0 Å². The van der Waals surface area contributed by atoms with Crippen molar-refractivity contribution in [1.82, 2.24) is 5.06 Å². The third-order valence-corrected chi connectivity index (χ3v) is 2.33. The van der Waals surface area contributed by atoms with Crippen molar-refractivity contribution in [1.29, 1.82) is 0 Å². The highest BCUT2D eigenvalue weighted by molar-refractivity contribution is 6.33. The predicted molar refractivity (Wildman–Crippen MR) is 65.5 cm³/mol. The summed E-state index contributed by atoms with van der Waals surface area (Å²) >= 11 is 0. The van der Waals surface area contributed by atoms with Crippen molar-refractivity contribution in [3.05, 3.63) is 23.8 Å². The molecule has 5 heteroatoms.